The maximum absolute atomic E-state index is 12.6. The van der Waals surface area contributed by atoms with Crippen molar-refractivity contribution < 1.29 is 14.3 Å². The molecule has 5 rings (SSSR count). The molecule has 0 radical (unpaired) electrons. The molecule has 0 saturated carbocycles. The average Bonchev–Trinajstić information content (AvgIpc) is 2.87. The summed E-state index contributed by atoms with van der Waals surface area (Å²) in [6, 6.07) is 12.5. The molecule has 3 aliphatic rings. The van der Waals surface area contributed by atoms with Crippen molar-refractivity contribution in [3.8, 4) is 0 Å². The number of aromatic nitrogens is 1. The van der Waals surface area contributed by atoms with Gasteiger partial charge < -0.3 is 29.7 Å². The van der Waals surface area contributed by atoms with Gasteiger partial charge in [-0.3, -0.25) is 9.59 Å². The molecule has 2 saturated heterocycles. The Labute approximate surface area is 200 Å². The second-order valence-electron chi connectivity index (χ2n) is 9.13. The molecule has 180 valence electrons. The molecule has 4 heterocycles. The predicted molar refractivity (Wildman–Crippen MR) is 133 cm³/mol. The van der Waals surface area contributed by atoms with Crippen molar-refractivity contribution in [2.45, 2.75) is 25.8 Å². The minimum Gasteiger partial charge on any atom is -0.381 e. The summed E-state index contributed by atoms with van der Waals surface area (Å²) in [6.45, 7) is 6.60. The molecule has 2 fully saturated rings. The van der Waals surface area contributed by atoms with Crippen LogP contribution in [-0.4, -0.2) is 80.7 Å². The van der Waals surface area contributed by atoms with Gasteiger partial charge in [0.25, 0.3) is 0 Å². The van der Waals surface area contributed by atoms with Crippen molar-refractivity contribution in [1.29, 1.82) is 0 Å². The van der Waals surface area contributed by atoms with E-state index in [1.54, 1.807) is 11.8 Å². The van der Waals surface area contributed by atoms with E-state index in [0.717, 1.165) is 67.7 Å². The van der Waals surface area contributed by atoms with Gasteiger partial charge in [0.15, 0.2) is 5.82 Å². The Morgan fingerprint density at radius 2 is 1.74 bits per heavy atom. The highest BCUT2D eigenvalue weighted by Crippen LogP contribution is 2.36. The molecule has 1 aromatic heterocycles. The minimum atomic E-state index is 0.0845. The first kappa shape index (κ1) is 22.5. The molecular weight excluding hydrogens is 432 g/mol. The fraction of sp³-hybridized carbons (Fsp3) is 0.480. The largest absolute Gasteiger partial charge is 0.381 e. The highest BCUT2D eigenvalue weighted by Gasteiger charge is 2.33. The minimum absolute atomic E-state index is 0.0845. The summed E-state index contributed by atoms with van der Waals surface area (Å²) in [5.41, 5.74) is 2.95. The zero-order chi connectivity index (χ0) is 23.7. The van der Waals surface area contributed by atoms with Crippen LogP contribution < -0.4 is 20.0 Å². The molecule has 9 heteroatoms. The van der Waals surface area contributed by atoms with Crippen molar-refractivity contribution in [3.05, 3.63) is 36.4 Å². The molecule has 1 aromatic carbocycles. The Balaban J connectivity index is 1.30. The zero-order valence-corrected chi connectivity index (χ0v) is 19.9. The second-order valence-corrected chi connectivity index (χ2v) is 9.13. The number of rotatable bonds is 4. The maximum Gasteiger partial charge on any atom is 0.246 e. The Morgan fingerprint density at radius 1 is 1.03 bits per heavy atom. The average molecular weight is 465 g/mol. The lowest BCUT2D eigenvalue weighted by molar-refractivity contribution is -0.129. The fourth-order valence-electron chi connectivity index (χ4n) is 4.93. The number of amides is 2. The van der Waals surface area contributed by atoms with Crippen LogP contribution in [0, 0.1) is 0 Å². The van der Waals surface area contributed by atoms with Crippen LogP contribution in [-0.2, 0) is 14.3 Å². The number of hydrogen-bond acceptors (Lipinski definition) is 7. The predicted octanol–water partition coefficient (Wildman–Crippen LogP) is 2.46. The Hall–Kier alpha value is -3.33. The molecular formula is C25H32N6O3. The SMILES string of the molecule is CC(=O)N1CCN(c2ccc(Nc3ccc4c(n3)N(C3CCOCC3)CC(=O)N4C)cc2)CC1. The first-order chi connectivity index (χ1) is 16.5. The van der Waals surface area contributed by atoms with Crippen LogP contribution in [0.3, 0.4) is 0 Å². The molecule has 0 aliphatic carbocycles. The van der Waals surface area contributed by atoms with Crippen LogP contribution in [0.15, 0.2) is 36.4 Å². The van der Waals surface area contributed by atoms with E-state index < -0.39 is 0 Å². The lowest BCUT2D eigenvalue weighted by atomic mass is 10.1. The van der Waals surface area contributed by atoms with Crippen LogP contribution in [0.2, 0.25) is 0 Å². The van der Waals surface area contributed by atoms with Gasteiger partial charge in [-0.05, 0) is 49.2 Å². The smallest absolute Gasteiger partial charge is 0.246 e. The van der Waals surface area contributed by atoms with E-state index in [1.807, 2.05) is 24.1 Å². The number of carbonyl (C=O) groups is 2. The number of fused-ring (bicyclic) bond motifs is 1. The van der Waals surface area contributed by atoms with Gasteiger partial charge in [-0.1, -0.05) is 0 Å². The summed E-state index contributed by atoms with van der Waals surface area (Å²) in [5, 5.41) is 3.42. The third kappa shape index (κ3) is 4.52. The van der Waals surface area contributed by atoms with Gasteiger partial charge >= 0.3 is 0 Å². The standard InChI is InChI=1S/C25H32N6O3/c1-18(32)29-11-13-30(14-12-29)20-5-3-19(4-6-20)26-23-8-7-22-25(27-23)31(17-24(33)28(22)2)21-9-15-34-16-10-21/h3-8,21H,9-17H2,1-2H3,(H,26,27). The molecule has 0 atom stereocenters. The lowest BCUT2D eigenvalue weighted by Crippen LogP contribution is -2.50. The number of hydrogen-bond donors (Lipinski definition) is 1. The lowest BCUT2D eigenvalue weighted by Gasteiger charge is -2.40. The van der Waals surface area contributed by atoms with Gasteiger partial charge in [0.2, 0.25) is 11.8 Å². The van der Waals surface area contributed by atoms with Crippen molar-refractivity contribution in [2.75, 3.05) is 73.0 Å². The van der Waals surface area contributed by atoms with E-state index in [2.05, 4.69) is 39.4 Å². The van der Waals surface area contributed by atoms with E-state index in [4.69, 9.17) is 9.72 Å². The van der Waals surface area contributed by atoms with Crippen molar-refractivity contribution in [2.24, 2.45) is 0 Å². The highest BCUT2D eigenvalue weighted by atomic mass is 16.5. The number of nitrogens with zero attached hydrogens (tertiary/aromatic N) is 5. The van der Waals surface area contributed by atoms with Crippen molar-refractivity contribution in [1.82, 2.24) is 9.88 Å². The van der Waals surface area contributed by atoms with Gasteiger partial charge in [0.05, 0.1) is 12.2 Å². The Morgan fingerprint density at radius 3 is 2.41 bits per heavy atom. The number of anilines is 5. The number of benzene rings is 1. The third-order valence-corrected chi connectivity index (χ3v) is 7.03. The molecule has 0 unspecified atom stereocenters. The van der Waals surface area contributed by atoms with Crippen LogP contribution >= 0.6 is 0 Å². The molecule has 1 N–H and O–H groups in total. The monoisotopic (exact) mass is 464 g/mol. The second kappa shape index (κ2) is 9.50. The number of likely N-dealkylation sites (N-methyl/N-ethyl adjacent to an activating group) is 1. The van der Waals surface area contributed by atoms with E-state index in [0.29, 0.717) is 19.8 Å². The summed E-state index contributed by atoms with van der Waals surface area (Å²) in [6.07, 6.45) is 1.80. The fourth-order valence-corrected chi connectivity index (χ4v) is 4.93. The first-order valence-corrected chi connectivity index (χ1v) is 12.0. The van der Waals surface area contributed by atoms with Crippen molar-refractivity contribution >= 4 is 40.5 Å². The summed E-state index contributed by atoms with van der Waals surface area (Å²) in [7, 11) is 1.81. The van der Waals surface area contributed by atoms with Crippen molar-refractivity contribution in [3.63, 3.8) is 0 Å². The topological polar surface area (TPSA) is 81.3 Å². The number of pyridine rings is 1. The van der Waals surface area contributed by atoms with Crippen LogP contribution in [0.1, 0.15) is 19.8 Å². The normalized spacial score (nSPS) is 19.3. The van der Waals surface area contributed by atoms with E-state index >= 15 is 0 Å². The van der Waals surface area contributed by atoms with Gasteiger partial charge in [-0.15, -0.1) is 0 Å². The maximum atomic E-state index is 12.6. The van der Waals surface area contributed by atoms with Crippen LogP contribution in [0.4, 0.5) is 28.7 Å². The molecule has 0 bridgehead atoms. The third-order valence-electron chi connectivity index (χ3n) is 7.03. The summed E-state index contributed by atoms with van der Waals surface area (Å²) >= 11 is 0. The van der Waals surface area contributed by atoms with Gasteiger partial charge in [-0.25, -0.2) is 4.98 Å². The molecule has 2 aromatic rings. The van der Waals surface area contributed by atoms with E-state index in [1.165, 1.54) is 0 Å². The summed E-state index contributed by atoms with van der Waals surface area (Å²) in [4.78, 5) is 37.1. The number of carbonyl (C=O) groups excluding carboxylic acids is 2. The molecule has 3 aliphatic heterocycles. The Kier molecular flexibility index (Phi) is 6.28. The molecule has 0 spiro atoms. The van der Waals surface area contributed by atoms with Gasteiger partial charge in [0.1, 0.15) is 5.82 Å². The highest BCUT2D eigenvalue weighted by molar-refractivity contribution is 6.02. The van der Waals surface area contributed by atoms with Gasteiger partial charge in [0, 0.05) is 70.8 Å². The summed E-state index contributed by atoms with van der Waals surface area (Å²) in [5.74, 6) is 1.82. The number of piperazine rings is 1. The number of nitrogens with one attached hydrogen (secondary N) is 1. The quantitative estimate of drug-likeness (QED) is 0.744. The summed E-state index contributed by atoms with van der Waals surface area (Å²) < 4.78 is 5.52. The Bertz CT molecular complexity index is 1050. The molecule has 9 nitrogen and oxygen atoms in total. The first-order valence-electron chi connectivity index (χ1n) is 12.0. The molecule has 34 heavy (non-hydrogen) atoms. The molecule has 2 amide bonds. The van der Waals surface area contributed by atoms with E-state index in [9.17, 15) is 9.59 Å². The van der Waals surface area contributed by atoms with E-state index in [-0.39, 0.29) is 17.9 Å². The zero-order valence-electron chi connectivity index (χ0n) is 19.9. The number of ether oxygens (including phenoxy) is 1. The van der Waals surface area contributed by atoms with Crippen LogP contribution in [0.5, 0.6) is 0 Å². The van der Waals surface area contributed by atoms with Crippen LogP contribution in [0.25, 0.3) is 0 Å². The van der Waals surface area contributed by atoms with Gasteiger partial charge in [-0.2, -0.15) is 0 Å².